The van der Waals surface area contributed by atoms with Crippen LogP contribution >= 0.6 is 58.8 Å². The number of anilines is 1. The Morgan fingerprint density at radius 1 is 1.48 bits per heavy atom. The van der Waals surface area contributed by atoms with Crippen molar-refractivity contribution in [1.82, 2.24) is 25.4 Å². The minimum absolute atomic E-state index is 0.0737. The Kier molecular flexibility index (Phi) is 7.13. The molecule has 0 aliphatic carbocycles. The Morgan fingerprint density at radius 2 is 2.27 bits per heavy atom. The summed E-state index contributed by atoms with van der Waals surface area (Å²) in [5.74, 6) is -1.70. The third kappa shape index (κ3) is 4.81. The van der Waals surface area contributed by atoms with Crippen molar-refractivity contribution in [1.29, 1.82) is 0 Å². The van der Waals surface area contributed by atoms with Gasteiger partial charge in [0.05, 0.1) is 0 Å². The zero-order valence-electron chi connectivity index (χ0n) is 16.6. The summed E-state index contributed by atoms with van der Waals surface area (Å²) in [6.07, 6.45) is 0. The first-order chi connectivity index (χ1) is 15.8. The SMILES string of the molecule is CO/N=C(\C(=O)N[C@@H]1C(=O)N2C(C(=O)O)=C(CSc3nnc(S)s3)CS[C@@H]12)c1csc(N)n1. The summed E-state index contributed by atoms with van der Waals surface area (Å²) >= 11 is 9.22. The number of nitrogens with one attached hydrogen (secondary N) is 1. The second kappa shape index (κ2) is 9.88. The molecule has 2 aliphatic rings. The summed E-state index contributed by atoms with van der Waals surface area (Å²) in [5, 5.41) is 25.1. The molecule has 4 rings (SSSR count). The molecule has 0 unspecified atom stereocenters. The molecule has 1 fully saturated rings. The highest BCUT2D eigenvalue weighted by molar-refractivity contribution is 8.02. The van der Waals surface area contributed by atoms with Gasteiger partial charge in [-0.1, -0.05) is 28.3 Å². The maximum atomic E-state index is 12.8. The number of carbonyl (C=O) groups excluding carboxylic acids is 2. The molecule has 2 amide bonds. The molecule has 0 aromatic carbocycles. The van der Waals surface area contributed by atoms with Gasteiger partial charge in [-0.2, -0.15) is 0 Å². The molecule has 2 atom stereocenters. The van der Waals surface area contributed by atoms with Gasteiger partial charge < -0.3 is 21.0 Å². The number of carboxylic acid groups (broad SMARTS) is 1. The smallest absolute Gasteiger partial charge is 0.352 e. The van der Waals surface area contributed by atoms with Crippen molar-refractivity contribution in [3.05, 3.63) is 22.3 Å². The number of aromatic nitrogens is 3. The minimum Gasteiger partial charge on any atom is -0.477 e. The van der Waals surface area contributed by atoms with Crippen LogP contribution in [-0.4, -0.2) is 78.7 Å². The number of thiazole rings is 1. The van der Waals surface area contributed by atoms with E-state index in [1.165, 1.54) is 46.9 Å². The van der Waals surface area contributed by atoms with Gasteiger partial charge in [0.15, 0.2) is 19.5 Å². The topological polar surface area (TPSA) is 173 Å². The molecule has 12 nitrogen and oxygen atoms in total. The zero-order chi connectivity index (χ0) is 23.7. The highest BCUT2D eigenvalue weighted by Crippen LogP contribution is 2.41. The molecule has 2 aliphatic heterocycles. The van der Waals surface area contributed by atoms with Crippen molar-refractivity contribution < 1.29 is 24.3 Å². The number of hydrogen-bond donors (Lipinski definition) is 4. The predicted molar refractivity (Wildman–Crippen MR) is 128 cm³/mol. The van der Waals surface area contributed by atoms with Gasteiger partial charge in [0.2, 0.25) is 0 Å². The minimum atomic E-state index is -1.21. The number of oxime groups is 1. The lowest BCUT2D eigenvalue weighted by Gasteiger charge is -2.49. The van der Waals surface area contributed by atoms with Gasteiger partial charge in [0.25, 0.3) is 11.8 Å². The van der Waals surface area contributed by atoms with Crippen molar-refractivity contribution in [2.75, 3.05) is 24.3 Å². The summed E-state index contributed by atoms with van der Waals surface area (Å²) in [7, 11) is 1.28. The molecule has 33 heavy (non-hydrogen) atoms. The van der Waals surface area contributed by atoms with Crippen molar-refractivity contribution in [3.8, 4) is 0 Å². The monoisotopic (exact) mass is 545 g/mol. The average Bonchev–Trinajstić information content (AvgIpc) is 3.40. The molecule has 0 bridgehead atoms. The van der Waals surface area contributed by atoms with E-state index in [9.17, 15) is 19.5 Å². The highest BCUT2D eigenvalue weighted by atomic mass is 32.2. The standard InChI is InChI=1S/C16H15N7O5S5/c1-28-22-7(6-4-31-14(17)18-6)10(24)19-8-11(25)23-9(13(26)27)5(2-30-12(8)23)3-32-16-21-20-15(29)33-16/h4,8,12H,2-3H2,1H3,(H2,17,18)(H,19,24)(H,20,29)(H,26,27)/b22-7-/t8-,12+/m1/s1. The lowest BCUT2D eigenvalue weighted by Crippen LogP contribution is -2.71. The maximum absolute atomic E-state index is 12.8. The van der Waals surface area contributed by atoms with Crippen LogP contribution in [0.4, 0.5) is 5.13 Å². The Labute approximate surface area is 208 Å². The molecule has 0 saturated carbocycles. The number of nitrogen functional groups attached to an aromatic ring is 1. The number of thioether (sulfide) groups is 2. The van der Waals surface area contributed by atoms with Crippen LogP contribution in [0.5, 0.6) is 0 Å². The van der Waals surface area contributed by atoms with E-state index >= 15 is 0 Å². The van der Waals surface area contributed by atoms with E-state index in [1.807, 2.05) is 0 Å². The van der Waals surface area contributed by atoms with Gasteiger partial charge >= 0.3 is 5.97 Å². The number of amides is 2. The molecule has 17 heteroatoms. The van der Waals surface area contributed by atoms with E-state index in [4.69, 9.17) is 10.6 Å². The van der Waals surface area contributed by atoms with Crippen LogP contribution in [0.3, 0.4) is 0 Å². The van der Waals surface area contributed by atoms with E-state index in [0.717, 1.165) is 11.3 Å². The van der Waals surface area contributed by atoms with Crippen molar-refractivity contribution in [2.45, 2.75) is 20.1 Å². The molecule has 1 saturated heterocycles. The summed E-state index contributed by atoms with van der Waals surface area (Å²) < 4.78 is 1.16. The quantitative estimate of drug-likeness (QED) is 0.121. The van der Waals surface area contributed by atoms with Gasteiger partial charge in [-0.15, -0.1) is 45.9 Å². The molecule has 0 radical (unpaired) electrons. The fourth-order valence-corrected chi connectivity index (χ4v) is 7.22. The van der Waals surface area contributed by atoms with Gasteiger partial charge in [0, 0.05) is 16.9 Å². The Hall–Kier alpha value is -2.34. The number of nitrogens with zero attached hydrogens (tertiary/aromatic N) is 5. The van der Waals surface area contributed by atoms with Gasteiger partial charge in [-0.25, -0.2) is 9.78 Å². The first kappa shape index (κ1) is 23.8. The number of fused-ring (bicyclic) bond motifs is 1. The molecule has 2 aromatic heterocycles. The first-order valence-corrected chi connectivity index (χ1v) is 13.2. The van der Waals surface area contributed by atoms with E-state index < -0.39 is 29.2 Å². The number of carboxylic acids is 1. The number of nitrogens with two attached hydrogens (primary N) is 1. The lowest BCUT2D eigenvalue weighted by molar-refractivity contribution is -0.150. The van der Waals surface area contributed by atoms with Gasteiger partial charge in [-0.3, -0.25) is 14.5 Å². The Balaban J connectivity index is 1.49. The number of β-lactam (4-membered cyclic amide) rings is 1. The van der Waals surface area contributed by atoms with Crippen molar-refractivity contribution in [3.63, 3.8) is 0 Å². The average molecular weight is 546 g/mol. The second-order valence-electron chi connectivity index (χ2n) is 6.45. The number of hydrogen-bond acceptors (Lipinski definition) is 14. The molecule has 174 valence electrons. The van der Waals surface area contributed by atoms with Crippen molar-refractivity contribution >= 4 is 87.5 Å². The summed E-state index contributed by atoms with van der Waals surface area (Å²) in [4.78, 5) is 47.6. The van der Waals surface area contributed by atoms with Crippen LogP contribution < -0.4 is 11.1 Å². The number of rotatable bonds is 8. The summed E-state index contributed by atoms with van der Waals surface area (Å²) in [6.45, 7) is 0. The van der Waals surface area contributed by atoms with Crippen LogP contribution in [0.1, 0.15) is 5.69 Å². The third-order valence-electron chi connectivity index (χ3n) is 4.46. The molecular formula is C16H15N7O5S5. The third-order valence-corrected chi connectivity index (χ3v) is 8.79. The molecule has 4 heterocycles. The largest absolute Gasteiger partial charge is 0.477 e. The summed E-state index contributed by atoms with van der Waals surface area (Å²) in [6, 6.07) is -0.918. The zero-order valence-corrected chi connectivity index (χ0v) is 20.8. The van der Waals surface area contributed by atoms with Gasteiger partial charge in [0.1, 0.15) is 29.9 Å². The van der Waals surface area contributed by atoms with E-state index in [2.05, 4.69) is 38.3 Å². The Morgan fingerprint density at radius 3 is 2.88 bits per heavy atom. The maximum Gasteiger partial charge on any atom is 0.352 e. The number of thiol groups is 1. The molecule has 4 N–H and O–H groups in total. The van der Waals surface area contributed by atoms with Crippen LogP contribution in [0.25, 0.3) is 0 Å². The number of aliphatic carboxylic acids is 1. The van der Waals surface area contributed by atoms with E-state index in [1.54, 1.807) is 5.38 Å². The Bertz CT molecular complexity index is 1180. The highest BCUT2D eigenvalue weighted by Gasteiger charge is 2.54. The molecule has 2 aromatic rings. The fourth-order valence-electron chi connectivity index (χ4n) is 3.11. The van der Waals surface area contributed by atoms with Crippen LogP contribution in [0.2, 0.25) is 0 Å². The van der Waals surface area contributed by atoms with Crippen LogP contribution in [0.15, 0.2) is 30.5 Å². The van der Waals surface area contributed by atoms with E-state index in [-0.39, 0.29) is 22.2 Å². The molecule has 0 spiro atoms. The van der Waals surface area contributed by atoms with E-state index in [0.29, 0.717) is 25.8 Å². The second-order valence-corrected chi connectivity index (χ2v) is 11.4. The normalized spacial score (nSPS) is 20.4. The summed E-state index contributed by atoms with van der Waals surface area (Å²) in [5.41, 5.74) is 6.21. The van der Waals surface area contributed by atoms with Crippen LogP contribution in [-0.2, 0) is 19.2 Å². The fraction of sp³-hybridized carbons (Fsp3) is 0.312. The molecular weight excluding hydrogens is 531 g/mol. The number of carbonyl (C=O) groups is 3. The van der Waals surface area contributed by atoms with Crippen LogP contribution in [0, 0.1) is 0 Å². The predicted octanol–water partition coefficient (Wildman–Crippen LogP) is 0.747. The first-order valence-electron chi connectivity index (χ1n) is 8.98. The van der Waals surface area contributed by atoms with Crippen molar-refractivity contribution in [2.24, 2.45) is 5.16 Å². The lowest BCUT2D eigenvalue weighted by atomic mass is 10.0. The van der Waals surface area contributed by atoms with Gasteiger partial charge in [-0.05, 0) is 5.57 Å².